The summed E-state index contributed by atoms with van der Waals surface area (Å²) in [4.78, 5) is 0. The van der Waals surface area contributed by atoms with Crippen molar-refractivity contribution in [3.05, 3.63) is 35.9 Å². The van der Waals surface area contributed by atoms with Gasteiger partial charge >= 0.3 is 0 Å². The molecule has 17 heavy (non-hydrogen) atoms. The molecule has 7 heteroatoms. The smallest absolute Gasteiger partial charge is 0.0910 e. The van der Waals surface area contributed by atoms with Crippen LogP contribution in [0.25, 0.3) is 0 Å². The third-order valence-corrected chi connectivity index (χ3v) is 2.49. The second kappa shape index (κ2) is 5.46. The quantitative estimate of drug-likeness (QED) is 0.559. The lowest BCUT2D eigenvalue weighted by atomic mass is 10.1. The van der Waals surface area contributed by atoms with Gasteiger partial charge in [-0.3, -0.25) is 5.84 Å². The second-order valence-corrected chi connectivity index (χ2v) is 3.66. The molecule has 3 N–H and O–H groups in total. The van der Waals surface area contributed by atoms with Gasteiger partial charge in [0.1, 0.15) is 0 Å². The normalized spacial score (nSPS) is 12.6. The summed E-state index contributed by atoms with van der Waals surface area (Å²) in [6.07, 6.45) is 6.00. The largest absolute Gasteiger partial charge is 0.271 e. The van der Waals surface area contributed by atoms with E-state index in [0.717, 1.165) is 24.2 Å². The maximum Gasteiger partial charge on any atom is 0.0910 e. The van der Waals surface area contributed by atoms with Gasteiger partial charge in [0, 0.05) is 12.7 Å². The Kier molecular flexibility index (Phi) is 3.73. The molecular weight excluding hydrogens is 218 g/mol. The van der Waals surface area contributed by atoms with Crippen LogP contribution in [0.3, 0.4) is 0 Å². The summed E-state index contributed by atoms with van der Waals surface area (Å²) < 4.78 is 1.84. The fourth-order valence-electron chi connectivity index (χ4n) is 1.70. The van der Waals surface area contributed by atoms with E-state index < -0.39 is 0 Å². The second-order valence-electron chi connectivity index (χ2n) is 3.66. The maximum absolute atomic E-state index is 5.59. The summed E-state index contributed by atoms with van der Waals surface area (Å²) in [5, 5.41) is 15.5. The molecule has 0 saturated carbocycles. The number of hydrogen-bond acceptors (Lipinski definition) is 6. The number of hydrogen-bond donors (Lipinski definition) is 2. The minimum atomic E-state index is -0.174. The van der Waals surface area contributed by atoms with Crippen molar-refractivity contribution in [1.82, 2.24) is 30.6 Å². The lowest BCUT2D eigenvalue weighted by molar-refractivity contribution is 0.511. The van der Waals surface area contributed by atoms with Gasteiger partial charge in [-0.25, -0.2) is 10.1 Å². The first kappa shape index (κ1) is 11.6. The lowest BCUT2D eigenvalue weighted by Crippen LogP contribution is -2.30. The minimum Gasteiger partial charge on any atom is -0.271 e. The number of aryl methyl sites for hydroxylation is 1. The van der Waals surface area contributed by atoms with Crippen molar-refractivity contribution >= 4 is 0 Å². The first-order valence-corrected chi connectivity index (χ1v) is 5.48. The van der Waals surface area contributed by atoms with Crippen molar-refractivity contribution < 1.29 is 0 Å². The number of nitrogens with two attached hydrogens (primary N) is 1. The molecule has 1 unspecified atom stereocenters. The van der Waals surface area contributed by atoms with E-state index in [2.05, 4.69) is 32.9 Å². The number of aromatic nitrogens is 5. The molecule has 2 aromatic heterocycles. The molecular formula is C10H15N7. The number of nitrogens with one attached hydrogen (secondary N) is 1. The van der Waals surface area contributed by atoms with Gasteiger partial charge in [-0.05, 0) is 18.1 Å². The van der Waals surface area contributed by atoms with Gasteiger partial charge in [-0.15, -0.1) is 5.10 Å². The van der Waals surface area contributed by atoms with Gasteiger partial charge in [-0.2, -0.15) is 10.2 Å². The maximum atomic E-state index is 5.59. The highest BCUT2D eigenvalue weighted by molar-refractivity contribution is 5.22. The van der Waals surface area contributed by atoms with Crippen LogP contribution in [0.1, 0.15) is 30.6 Å². The highest BCUT2D eigenvalue weighted by atomic mass is 15.4. The van der Waals surface area contributed by atoms with Gasteiger partial charge in [-0.1, -0.05) is 12.1 Å². The Morgan fingerprint density at radius 3 is 2.88 bits per heavy atom. The Morgan fingerprint density at radius 2 is 2.24 bits per heavy atom. The lowest BCUT2D eigenvalue weighted by Gasteiger charge is -2.16. The van der Waals surface area contributed by atoms with E-state index in [4.69, 9.17) is 5.84 Å². The van der Waals surface area contributed by atoms with E-state index in [0.29, 0.717) is 0 Å². The van der Waals surface area contributed by atoms with Gasteiger partial charge in [0.05, 0.1) is 24.1 Å². The van der Waals surface area contributed by atoms with Crippen LogP contribution in [-0.4, -0.2) is 25.2 Å². The van der Waals surface area contributed by atoms with Crippen molar-refractivity contribution in [2.45, 2.75) is 25.9 Å². The molecule has 1 atom stereocenters. The molecule has 2 rings (SSSR count). The molecule has 0 spiro atoms. The van der Waals surface area contributed by atoms with Crippen LogP contribution in [-0.2, 0) is 6.54 Å². The van der Waals surface area contributed by atoms with Crippen molar-refractivity contribution in [2.75, 3.05) is 0 Å². The van der Waals surface area contributed by atoms with Crippen LogP contribution in [0, 0.1) is 0 Å². The molecule has 2 aromatic rings. The predicted molar refractivity (Wildman–Crippen MR) is 61.5 cm³/mol. The zero-order chi connectivity index (χ0) is 12.1. The molecule has 0 saturated heterocycles. The van der Waals surface area contributed by atoms with E-state index >= 15 is 0 Å². The van der Waals surface area contributed by atoms with E-state index in [9.17, 15) is 0 Å². The third kappa shape index (κ3) is 2.45. The molecule has 7 nitrogen and oxygen atoms in total. The average molecular weight is 233 g/mol. The SMILES string of the molecule is CCCn1nncc1C(NN)c1ccnnc1. The minimum absolute atomic E-state index is 0.174. The zero-order valence-corrected chi connectivity index (χ0v) is 9.61. The summed E-state index contributed by atoms with van der Waals surface area (Å²) in [6, 6.07) is 1.69. The van der Waals surface area contributed by atoms with Crippen LogP contribution in [0.5, 0.6) is 0 Å². The van der Waals surface area contributed by atoms with Crippen molar-refractivity contribution in [1.29, 1.82) is 0 Å². The van der Waals surface area contributed by atoms with Crippen molar-refractivity contribution in [2.24, 2.45) is 5.84 Å². The van der Waals surface area contributed by atoms with Crippen molar-refractivity contribution in [3.63, 3.8) is 0 Å². The topological polar surface area (TPSA) is 94.5 Å². The zero-order valence-electron chi connectivity index (χ0n) is 9.61. The highest BCUT2D eigenvalue weighted by Gasteiger charge is 2.17. The molecule has 90 valence electrons. The summed E-state index contributed by atoms with van der Waals surface area (Å²) >= 11 is 0. The molecule has 2 heterocycles. The van der Waals surface area contributed by atoms with Gasteiger partial charge in [0.15, 0.2) is 0 Å². The molecule has 0 radical (unpaired) electrons. The summed E-state index contributed by atoms with van der Waals surface area (Å²) in [7, 11) is 0. The molecule has 0 aliphatic rings. The molecule has 0 fully saturated rings. The first-order valence-electron chi connectivity index (χ1n) is 5.48. The molecule has 0 aromatic carbocycles. The fraction of sp³-hybridized carbons (Fsp3) is 0.400. The molecule has 0 amide bonds. The highest BCUT2D eigenvalue weighted by Crippen LogP contribution is 2.18. The van der Waals surface area contributed by atoms with Crippen LogP contribution in [0.2, 0.25) is 0 Å². The molecule has 0 aliphatic carbocycles. The Morgan fingerprint density at radius 1 is 1.35 bits per heavy atom. The van der Waals surface area contributed by atoms with Crippen LogP contribution in [0.15, 0.2) is 24.7 Å². The van der Waals surface area contributed by atoms with E-state index in [-0.39, 0.29) is 6.04 Å². The third-order valence-electron chi connectivity index (χ3n) is 2.49. The standard InChI is InChI=1S/C10H15N7/c1-2-5-17-9(7-14-16-17)10(15-11)8-3-4-12-13-6-8/h3-4,6-7,10,15H,2,5,11H2,1H3. The summed E-state index contributed by atoms with van der Waals surface area (Å²) in [5.74, 6) is 5.59. The van der Waals surface area contributed by atoms with Crippen LogP contribution >= 0.6 is 0 Å². The number of hydrazine groups is 1. The first-order chi connectivity index (χ1) is 8.36. The van der Waals surface area contributed by atoms with E-state index in [1.54, 1.807) is 18.6 Å². The van der Waals surface area contributed by atoms with Crippen LogP contribution in [0.4, 0.5) is 0 Å². The monoisotopic (exact) mass is 233 g/mol. The van der Waals surface area contributed by atoms with Crippen LogP contribution < -0.4 is 11.3 Å². The van der Waals surface area contributed by atoms with Crippen molar-refractivity contribution in [3.8, 4) is 0 Å². The average Bonchev–Trinajstić information content (AvgIpc) is 2.81. The van der Waals surface area contributed by atoms with Gasteiger partial charge in [0.25, 0.3) is 0 Å². The van der Waals surface area contributed by atoms with Gasteiger partial charge < -0.3 is 0 Å². The van der Waals surface area contributed by atoms with E-state index in [1.165, 1.54) is 0 Å². The van der Waals surface area contributed by atoms with Gasteiger partial charge in [0.2, 0.25) is 0 Å². The summed E-state index contributed by atoms with van der Waals surface area (Å²) in [5.41, 5.74) is 4.60. The molecule has 0 aliphatic heterocycles. The number of rotatable bonds is 5. The Bertz CT molecular complexity index is 453. The Balaban J connectivity index is 2.32. The predicted octanol–water partition coefficient (Wildman–Crippen LogP) is 0.0308. The Hall–Kier alpha value is -1.86. The molecule has 0 bridgehead atoms. The summed E-state index contributed by atoms with van der Waals surface area (Å²) in [6.45, 7) is 2.90. The fourth-order valence-corrected chi connectivity index (χ4v) is 1.70. The van der Waals surface area contributed by atoms with E-state index in [1.807, 2.05) is 10.7 Å². The number of nitrogens with zero attached hydrogens (tertiary/aromatic N) is 5. The Labute approximate surface area is 99.0 Å².